The third kappa shape index (κ3) is 5.85. The fraction of sp³-hybridized carbons (Fsp3) is 0.414. The molecular weight excluding hydrogens is 492 g/mol. The van der Waals surface area contributed by atoms with Crippen LogP contribution in [0.4, 0.5) is 5.82 Å². The van der Waals surface area contributed by atoms with E-state index in [-0.39, 0.29) is 12.5 Å². The van der Waals surface area contributed by atoms with Gasteiger partial charge in [-0.05, 0) is 34.7 Å². The number of carbonyl (C=O) groups excluding carboxylic acids is 1. The number of esters is 1. The highest BCUT2D eigenvalue weighted by atomic mass is 16.5. The Kier molecular flexibility index (Phi) is 8.31. The van der Waals surface area contributed by atoms with Crippen molar-refractivity contribution in [3.63, 3.8) is 0 Å². The monoisotopic (exact) mass is 528 g/mol. The molecule has 0 saturated heterocycles. The maximum absolute atomic E-state index is 12.1. The molecule has 0 unspecified atom stereocenters. The number of carbonyl (C=O) groups is 1. The Morgan fingerprint density at radius 2 is 1.85 bits per heavy atom. The summed E-state index contributed by atoms with van der Waals surface area (Å²) in [6, 6.07) is 16.7. The van der Waals surface area contributed by atoms with Crippen molar-refractivity contribution in [1.82, 2.24) is 35.1 Å². The number of ether oxygens (including phenoxy) is 1. The first-order valence-electron chi connectivity index (χ1n) is 13.7. The number of nitrogens with zero attached hydrogens (tertiary/aromatic N) is 7. The zero-order valence-electron chi connectivity index (χ0n) is 22.9. The Labute approximate surface area is 229 Å². The maximum atomic E-state index is 12.1. The second kappa shape index (κ2) is 12.2. The molecule has 1 aliphatic heterocycles. The Morgan fingerprint density at radius 1 is 1.05 bits per heavy atom. The number of fused-ring (bicyclic) bond motifs is 1. The number of rotatable bonds is 11. The van der Waals surface area contributed by atoms with Gasteiger partial charge in [0.25, 0.3) is 0 Å². The van der Waals surface area contributed by atoms with Crippen molar-refractivity contribution >= 4 is 11.8 Å². The number of aryl methyl sites for hydroxylation is 1. The van der Waals surface area contributed by atoms with E-state index >= 15 is 0 Å². The van der Waals surface area contributed by atoms with Crippen LogP contribution in [0.2, 0.25) is 0 Å². The van der Waals surface area contributed by atoms with Crippen LogP contribution in [-0.2, 0) is 29.0 Å². The van der Waals surface area contributed by atoms with Gasteiger partial charge in [-0.2, -0.15) is 5.21 Å². The van der Waals surface area contributed by atoms with Gasteiger partial charge in [0.2, 0.25) is 5.82 Å². The van der Waals surface area contributed by atoms with Crippen molar-refractivity contribution < 1.29 is 9.53 Å². The molecule has 0 aliphatic carbocycles. The molecule has 1 aliphatic rings. The molecule has 0 spiro atoms. The number of hydrogen-bond donors (Lipinski definition) is 1. The molecule has 204 valence electrons. The zero-order chi connectivity index (χ0) is 27.2. The number of H-pyrrole nitrogens is 1. The maximum Gasteiger partial charge on any atom is 0.319 e. The molecule has 0 radical (unpaired) electrons. The van der Waals surface area contributed by atoms with Crippen LogP contribution in [0, 0.1) is 0 Å². The van der Waals surface area contributed by atoms with Crippen molar-refractivity contribution in [2.45, 2.75) is 52.6 Å². The van der Waals surface area contributed by atoms with E-state index < -0.39 is 0 Å². The molecule has 0 amide bonds. The normalized spacial score (nSPS) is 13.5. The van der Waals surface area contributed by atoms with E-state index in [1.807, 2.05) is 18.2 Å². The predicted molar refractivity (Wildman–Crippen MR) is 150 cm³/mol. The van der Waals surface area contributed by atoms with Crippen LogP contribution < -0.4 is 4.90 Å². The van der Waals surface area contributed by atoms with Gasteiger partial charge in [-0.3, -0.25) is 9.69 Å². The minimum Gasteiger partial charge on any atom is -0.468 e. The Balaban J connectivity index is 1.46. The molecule has 0 atom stereocenters. The summed E-state index contributed by atoms with van der Waals surface area (Å²) in [4.78, 5) is 21.7. The van der Waals surface area contributed by atoms with Crippen molar-refractivity contribution in [2.75, 3.05) is 31.8 Å². The van der Waals surface area contributed by atoms with Crippen molar-refractivity contribution in [3.8, 4) is 22.5 Å². The molecule has 0 bridgehead atoms. The summed E-state index contributed by atoms with van der Waals surface area (Å²) < 4.78 is 7.33. The van der Waals surface area contributed by atoms with Crippen LogP contribution in [0.5, 0.6) is 0 Å². The largest absolute Gasteiger partial charge is 0.468 e. The van der Waals surface area contributed by atoms with Gasteiger partial charge in [0.15, 0.2) is 5.82 Å². The van der Waals surface area contributed by atoms with Crippen molar-refractivity contribution in [3.05, 3.63) is 65.6 Å². The number of imidazole rings is 1. The van der Waals surface area contributed by atoms with Gasteiger partial charge >= 0.3 is 5.97 Å². The fourth-order valence-corrected chi connectivity index (χ4v) is 5.19. The highest BCUT2D eigenvalue weighted by Crippen LogP contribution is 2.32. The summed E-state index contributed by atoms with van der Waals surface area (Å²) in [7, 11) is 1.44. The van der Waals surface area contributed by atoms with E-state index in [2.05, 4.69) is 79.2 Å². The summed E-state index contributed by atoms with van der Waals surface area (Å²) in [5.74, 6) is 2.52. The number of unbranched alkanes of at least 4 members (excludes halogenated alkanes) is 1. The lowest BCUT2D eigenvalue weighted by Gasteiger charge is -2.35. The molecule has 2 aromatic heterocycles. The Morgan fingerprint density at radius 3 is 2.54 bits per heavy atom. The molecule has 1 N–H and O–H groups in total. The summed E-state index contributed by atoms with van der Waals surface area (Å²) in [5, 5.41) is 14.6. The van der Waals surface area contributed by atoms with Crippen molar-refractivity contribution in [1.29, 1.82) is 0 Å². The molecule has 5 rings (SSSR count). The third-order valence-corrected chi connectivity index (χ3v) is 7.12. The van der Waals surface area contributed by atoms with Gasteiger partial charge in [-0.15, -0.1) is 10.2 Å². The lowest BCUT2D eigenvalue weighted by molar-refractivity contribution is -0.142. The third-order valence-electron chi connectivity index (χ3n) is 7.12. The number of hydrogen-bond acceptors (Lipinski definition) is 8. The molecule has 0 saturated carbocycles. The summed E-state index contributed by atoms with van der Waals surface area (Å²) in [5.41, 5.74) is 5.45. The molecule has 4 aromatic rings. The molecule has 10 nitrogen and oxygen atoms in total. The highest BCUT2D eigenvalue weighted by molar-refractivity contribution is 5.80. The number of methoxy groups -OCH3 is 1. The first-order chi connectivity index (χ1) is 19.1. The van der Waals surface area contributed by atoms with Gasteiger partial charge in [0, 0.05) is 31.6 Å². The van der Waals surface area contributed by atoms with Crippen LogP contribution in [0.15, 0.2) is 48.5 Å². The van der Waals surface area contributed by atoms with E-state index in [1.165, 1.54) is 12.7 Å². The van der Waals surface area contributed by atoms with Gasteiger partial charge in [-0.25, -0.2) is 4.98 Å². The van der Waals surface area contributed by atoms with E-state index in [1.54, 1.807) is 0 Å². The summed E-state index contributed by atoms with van der Waals surface area (Å²) >= 11 is 0. The average molecular weight is 529 g/mol. The van der Waals surface area contributed by atoms with Gasteiger partial charge in [-0.1, -0.05) is 68.8 Å². The van der Waals surface area contributed by atoms with Crippen LogP contribution in [-0.4, -0.2) is 67.9 Å². The average Bonchev–Trinajstić information content (AvgIpc) is 3.61. The summed E-state index contributed by atoms with van der Waals surface area (Å²) in [6.07, 6.45) is 4.13. The first-order valence-corrected chi connectivity index (χ1v) is 13.7. The molecule has 3 heterocycles. The Hall–Kier alpha value is -4.05. The van der Waals surface area contributed by atoms with Crippen LogP contribution >= 0.6 is 0 Å². The predicted octanol–water partition coefficient (Wildman–Crippen LogP) is 4.28. The number of nitrogens with one attached hydrogen (secondary N) is 1. The van der Waals surface area contributed by atoms with E-state index in [0.717, 1.165) is 72.8 Å². The van der Waals surface area contributed by atoms with E-state index in [4.69, 9.17) is 9.72 Å². The lowest BCUT2D eigenvalue weighted by Crippen LogP contribution is -2.45. The number of anilines is 1. The number of benzene rings is 2. The standard InChI is InChI=1S/C29H36N8O2/c1-4-6-11-26-30-29-25(18-35(19-27(38)39-3)20-36(29)16-5-2)37(26)17-21-12-14-22(15-13-21)23-9-7-8-10-24(23)28-31-33-34-32-28/h7-10,12-15H,4-6,11,16-20H2,1-3H3,(H,31,32,33,34). The summed E-state index contributed by atoms with van der Waals surface area (Å²) in [6.45, 7) is 7.60. The van der Waals surface area contributed by atoms with Crippen molar-refractivity contribution in [2.24, 2.45) is 0 Å². The van der Waals surface area contributed by atoms with Crippen LogP contribution in [0.3, 0.4) is 0 Å². The number of tetrazole rings is 1. The fourth-order valence-electron chi connectivity index (χ4n) is 5.19. The van der Waals surface area contributed by atoms with Gasteiger partial charge in [0.1, 0.15) is 5.82 Å². The highest BCUT2D eigenvalue weighted by Gasteiger charge is 2.30. The smallest absolute Gasteiger partial charge is 0.319 e. The number of aromatic nitrogens is 6. The second-order valence-electron chi connectivity index (χ2n) is 9.93. The molecule has 0 fully saturated rings. The first kappa shape index (κ1) is 26.6. The molecule has 10 heteroatoms. The SMILES string of the molecule is CCCCc1nc2c(n1Cc1ccc(-c3ccccc3-c3nn[nH]n3)cc1)CN(CC(=O)OC)CN2CCC. The molecule has 39 heavy (non-hydrogen) atoms. The van der Waals surface area contributed by atoms with Crippen LogP contribution in [0.1, 0.15) is 50.2 Å². The van der Waals surface area contributed by atoms with E-state index in [0.29, 0.717) is 19.0 Å². The van der Waals surface area contributed by atoms with Gasteiger partial charge < -0.3 is 14.2 Å². The second-order valence-corrected chi connectivity index (χ2v) is 9.93. The van der Waals surface area contributed by atoms with Gasteiger partial charge in [0.05, 0.1) is 26.0 Å². The topological polar surface area (TPSA) is 105 Å². The zero-order valence-corrected chi connectivity index (χ0v) is 22.9. The minimum atomic E-state index is -0.219. The van der Waals surface area contributed by atoms with E-state index in [9.17, 15) is 4.79 Å². The minimum absolute atomic E-state index is 0.219. The number of aromatic amines is 1. The van der Waals surface area contributed by atoms with Crippen LogP contribution in [0.25, 0.3) is 22.5 Å². The molecular formula is C29H36N8O2. The molecule has 2 aromatic carbocycles. The quantitative estimate of drug-likeness (QED) is 0.288. The Bertz CT molecular complexity index is 1380. The lowest BCUT2D eigenvalue weighted by atomic mass is 9.98.